The molecule has 0 heteroatoms. The molecule has 0 aromatic heterocycles. The van der Waals surface area contributed by atoms with Crippen LogP contribution in [-0.4, -0.2) is 0 Å². The van der Waals surface area contributed by atoms with Crippen LogP contribution in [0.2, 0.25) is 0 Å². The SMILES string of the molecule is CC.CC.CCCCCCC(C)CCC. The monoisotopic (exact) mass is 216 g/mol. The predicted molar refractivity (Wildman–Crippen MR) is 75.5 cm³/mol. The highest BCUT2D eigenvalue weighted by atomic mass is 14.0. The molecule has 1 unspecified atom stereocenters. The van der Waals surface area contributed by atoms with Crippen molar-refractivity contribution in [3.05, 3.63) is 0 Å². The molecule has 0 saturated carbocycles. The smallest absolute Gasteiger partial charge is 0.0443 e. The second kappa shape index (κ2) is 23.7. The van der Waals surface area contributed by atoms with Crippen molar-refractivity contribution in [2.24, 2.45) is 5.92 Å². The third-order valence-electron chi connectivity index (χ3n) is 2.33. The molecule has 0 N–H and O–H groups in total. The van der Waals surface area contributed by atoms with Crippen molar-refractivity contribution in [1.29, 1.82) is 0 Å². The van der Waals surface area contributed by atoms with Gasteiger partial charge < -0.3 is 0 Å². The number of hydrogen-bond donors (Lipinski definition) is 0. The van der Waals surface area contributed by atoms with Crippen molar-refractivity contribution >= 4 is 0 Å². The average Bonchev–Trinajstić information content (AvgIpc) is 2.30. The highest BCUT2D eigenvalue weighted by Gasteiger charge is 1.98. The molecular formula is C15H36. The molecule has 0 radical (unpaired) electrons. The van der Waals surface area contributed by atoms with Crippen LogP contribution in [0, 0.1) is 5.92 Å². The van der Waals surface area contributed by atoms with Gasteiger partial charge in [0.05, 0.1) is 0 Å². The summed E-state index contributed by atoms with van der Waals surface area (Å²) in [5, 5.41) is 0. The van der Waals surface area contributed by atoms with Crippen molar-refractivity contribution in [2.75, 3.05) is 0 Å². The molecule has 15 heavy (non-hydrogen) atoms. The Bertz CT molecular complexity index is 66.4. The summed E-state index contributed by atoms with van der Waals surface area (Å²) in [6.07, 6.45) is 9.93. The normalized spacial score (nSPS) is 10.6. The van der Waals surface area contributed by atoms with E-state index in [9.17, 15) is 0 Å². The largest absolute Gasteiger partial charge is 0.0683 e. The molecule has 0 aliphatic carbocycles. The minimum absolute atomic E-state index is 0.969. The van der Waals surface area contributed by atoms with Crippen molar-refractivity contribution < 1.29 is 0 Å². The average molecular weight is 216 g/mol. The summed E-state index contributed by atoms with van der Waals surface area (Å²) >= 11 is 0. The van der Waals surface area contributed by atoms with E-state index in [-0.39, 0.29) is 0 Å². The van der Waals surface area contributed by atoms with E-state index >= 15 is 0 Å². The Morgan fingerprint density at radius 3 is 1.60 bits per heavy atom. The van der Waals surface area contributed by atoms with E-state index in [1.54, 1.807) is 0 Å². The van der Waals surface area contributed by atoms with Gasteiger partial charge in [0.15, 0.2) is 0 Å². The quantitative estimate of drug-likeness (QED) is 0.429. The summed E-state index contributed by atoms with van der Waals surface area (Å²) in [7, 11) is 0. The van der Waals surface area contributed by atoms with Gasteiger partial charge in [-0.1, -0.05) is 93.4 Å². The first-order valence-corrected chi connectivity index (χ1v) is 7.31. The van der Waals surface area contributed by atoms with Crippen LogP contribution in [-0.2, 0) is 0 Å². The molecule has 1 atom stereocenters. The highest BCUT2D eigenvalue weighted by molar-refractivity contribution is 4.52. The number of unbranched alkanes of at least 4 members (excludes halogenated alkanes) is 3. The molecule has 0 aliphatic heterocycles. The molecular weight excluding hydrogens is 180 g/mol. The minimum atomic E-state index is 0.969. The first-order valence-electron chi connectivity index (χ1n) is 7.31. The van der Waals surface area contributed by atoms with Gasteiger partial charge in [-0.15, -0.1) is 0 Å². The van der Waals surface area contributed by atoms with Crippen molar-refractivity contribution in [1.82, 2.24) is 0 Å². The summed E-state index contributed by atoms with van der Waals surface area (Å²) in [5.74, 6) is 0.969. The van der Waals surface area contributed by atoms with E-state index in [1.807, 2.05) is 27.7 Å². The van der Waals surface area contributed by atoms with Crippen LogP contribution in [0.5, 0.6) is 0 Å². The zero-order chi connectivity index (χ0) is 12.5. The summed E-state index contributed by atoms with van der Waals surface area (Å²) in [5.41, 5.74) is 0. The van der Waals surface area contributed by atoms with Gasteiger partial charge in [-0.05, 0) is 5.92 Å². The fourth-order valence-corrected chi connectivity index (χ4v) is 1.56. The molecule has 0 amide bonds. The predicted octanol–water partition coefficient (Wildman–Crippen LogP) is 6.45. The summed E-state index contributed by atoms with van der Waals surface area (Å²) in [4.78, 5) is 0. The van der Waals surface area contributed by atoms with E-state index in [1.165, 1.54) is 44.9 Å². The van der Waals surface area contributed by atoms with Gasteiger partial charge >= 0.3 is 0 Å². The lowest BCUT2D eigenvalue weighted by atomic mass is 9.98. The number of hydrogen-bond acceptors (Lipinski definition) is 0. The van der Waals surface area contributed by atoms with Crippen LogP contribution in [0.4, 0.5) is 0 Å². The summed E-state index contributed by atoms with van der Waals surface area (Å²) < 4.78 is 0. The molecule has 0 heterocycles. The molecule has 96 valence electrons. The first-order chi connectivity index (χ1) is 7.31. The van der Waals surface area contributed by atoms with Gasteiger partial charge in [-0.25, -0.2) is 0 Å². The zero-order valence-electron chi connectivity index (χ0n) is 12.5. The zero-order valence-corrected chi connectivity index (χ0v) is 12.5. The third kappa shape index (κ3) is 24.9. The Balaban J connectivity index is -0.000000318. The molecule has 0 nitrogen and oxygen atoms in total. The fourth-order valence-electron chi connectivity index (χ4n) is 1.56. The van der Waals surface area contributed by atoms with Crippen LogP contribution in [0.25, 0.3) is 0 Å². The molecule has 0 rings (SSSR count). The summed E-state index contributed by atoms with van der Waals surface area (Å²) in [6.45, 7) is 14.9. The molecule has 0 spiro atoms. The fraction of sp³-hybridized carbons (Fsp3) is 1.00. The summed E-state index contributed by atoms with van der Waals surface area (Å²) in [6, 6.07) is 0. The van der Waals surface area contributed by atoms with Gasteiger partial charge in [-0.2, -0.15) is 0 Å². The van der Waals surface area contributed by atoms with Crippen LogP contribution < -0.4 is 0 Å². The molecule has 0 bridgehead atoms. The minimum Gasteiger partial charge on any atom is -0.0683 e. The van der Waals surface area contributed by atoms with E-state index in [0.29, 0.717) is 0 Å². The molecule has 0 saturated heterocycles. The van der Waals surface area contributed by atoms with Crippen LogP contribution in [0.3, 0.4) is 0 Å². The van der Waals surface area contributed by atoms with E-state index in [4.69, 9.17) is 0 Å². The van der Waals surface area contributed by atoms with E-state index in [0.717, 1.165) is 5.92 Å². The van der Waals surface area contributed by atoms with Crippen molar-refractivity contribution in [3.8, 4) is 0 Å². The van der Waals surface area contributed by atoms with E-state index < -0.39 is 0 Å². The first kappa shape index (κ1) is 20.4. The van der Waals surface area contributed by atoms with Crippen LogP contribution in [0.15, 0.2) is 0 Å². The van der Waals surface area contributed by atoms with E-state index in [2.05, 4.69) is 20.8 Å². The third-order valence-corrected chi connectivity index (χ3v) is 2.33. The van der Waals surface area contributed by atoms with Gasteiger partial charge in [-0.3, -0.25) is 0 Å². The topological polar surface area (TPSA) is 0 Å². The van der Waals surface area contributed by atoms with Crippen LogP contribution in [0.1, 0.15) is 93.4 Å². The lowest BCUT2D eigenvalue weighted by Gasteiger charge is -2.08. The highest BCUT2D eigenvalue weighted by Crippen LogP contribution is 2.14. The lowest BCUT2D eigenvalue weighted by molar-refractivity contribution is 0.455. The Morgan fingerprint density at radius 2 is 1.20 bits per heavy atom. The molecule has 0 fully saturated rings. The Kier molecular flexibility index (Phi) is 32.2. The van der Waals surface area contributed by atoms with Crippen molar-refractivity contribution in [2.45, 2.75) is 93.4 Å². The van der Waals surface area contributed by atoms with Crippen LogP contribution >= 0.6 is 0 Å². The Morgan fingerprint density at radius 1 is 0.667 bits per heavy atom. The van der Waals surface area contributed by atoms with Gasteiger partial charge in [0.2, 0.25) is 0 Å². The molecule has 0 aromatic carbocycles. The maximum absolute atomic E-state index is 2.38. The maximum Gasteiger partial charge on any atom is -0.0443 e. The number of rotatable bonds is 7. The van der Waals surface area contributed by atoms with Gasteiger partial charge in [0, 0.05) is 0 Å². The Labute approximate surface area is 99.9 Å². The Hall–Kier alpha value is 0. The standard InChI is InChI=1S/C11H24.2C2H6/c1-4-6-7-8-10-11(3)9-5-2;2*1-2/h11H,4-10H2,1-3H3;2*1-2H3. The van der Waals surface area contributed by atoms with Crippen molar-refractivity contribution in [3.63, 3.8) is 0 Å². The van der Waals surface area contributed by atoms with Gasteiger partial charge in [0.25, 0.3) is 0 Å². The van der Waals surface area contributed by atoms with Gasteiger partial charge in [0.1, 0.15) is 0 Å². The molecule has 0 aliphatic rings. The molecule has 0 aromatic rings. The maximum atomic E-state index is 2.38. The second-order valence-corrected chi connectivity index (χ2v) is 3.74. The lowest BCUT2D eigenvalue weighted by Crippen LogP contribution is -1.93. The second-order valence-electron chi connectivity index (χ2n) is 3.74.